The van der Waals surface area contributed by atoms with E-state index in [-0.39, 0.29) is 5.69 Å². The molecule has 3 atom stereocenters. The fourth-order valence-corrected chi connectivity index (χ4v) is 3.60. The van der Waals surface area contributed by atoms with Crippen molar-refractivity contribution in [3.63, 3.8) is 0 Å². The minimum atomic E-state index is -0.626. The average molecular weight is 296 g/mol. The number of nitrogens with zero attached hydrogens (tertiary/aromatic N) is 1. The summed E-state index contributed by atoms with van der Waals surface area (Å²) in [6.45, 7) is 0.486. The van der Waals surface area contributed by atoms with Crippen molar-refractivity contribution in [1.29, 1.82) is 0 Å². The number of nitro groups is 1. The van der Waals surface area contributed by atoms with Gasteiger partial charge in [-0.25, -0.2) is 0 Å². The molecule has 20 heavy (non-hydrogen) atoms. The first-order chi connectivity index (χ1) is 9.61. The maximum absolute atomic E-state index is 10.6. The van der Waals surface area contributed by atoms with Crippen LogP contribution in [0.4, 0.5) is 5.69 Å². The molecule has 1 aliphatic rings. The van der Waals surface area contributed by atoms with Crippen molar-refractivity contribution in [2.24, 2.45) is 0 Å². The molecule has 0 aliphatic heterocycles. The van der Waals surface area contributed by atoms with Crippen LogP contribution in [-0.2, 0) is 0 Å². The fraction of sp³-hybridized carbons (Fsp3) is 0.571. The van der Waals surface area contributed by atoms with Crippen molar-refractivity contribution >= 4 is 17.4 Å². The summed E-state index contributed by atoms with van der Waals surface area (Å²) < 4.78 is 0. The molecule has 2 N–H and O–H groups in total. The Labute approximate surface area is 122 Å². The van der Waals surface area contributed by atoms with Crippen molar-refractivity contribution < 1.29 is 10.0 Å². The summed E-state index contributed by atoms with van der Waals surface area (Å²) in [5.41, 5.74) is 0.758. The highest BCUT2D eigenvalue weighted by Crippen LogP contribution is 2.28. The van der Waals surface area contributed by atoms with Crippen molar-refractivity contribution in [3.05, 3.63) is 39.9 Å². The molecule has 1 aromatic carbocycles. The Bertz CT molecular complexity index is 452. The lowest BCUT2D eigenvalue weighted by molar-refractivity contribution is -0.384. The van der Waals surface area contributed by atoms with E-state index >= 15 is 0 Å². The molecule has 5 nitrogen and oxygen atoms in total. The van der Waals surface area contributed by atoms with Crippen molar-refractivity contribution in [2.45, 2.75) is 36.7 Å². The van der Waals surface area contributed by atoms with Gasteiger partial charge in [0.05, 0.1) is 11.0 Å². The third-order valence-electron chi connectivity index (χ3n) is 3.82. The maximum Gasteiger partial charge on any atom is 0.269 e. The van der Waals surface area contributed by atoms with Gasteiger partial charge < -0.3 is 10.4 Å². The van der Waals surface area contributed by atoms with E-state index in [4.69, 9.17) is 0 Å². The molecule has 0 bridgehead atoms. The number of rotatable bonds is 6. The Balaban J connectivity index is 1.88. The molecular formula is C14H20N2O3S. The average Bonchev–Trinajstić information content (AvgIpc) is 2.92. The number of benzene rings is 1. The van der Waals surface area contributed by atoms with Gasteiger partial charge >= 0.3 is 0 Å². The number of non-ortho nitro benzene ring substituents is 1. The Morgan fingerprint density at radius 3 is 2.75 bits per heavy atom. The Hall–Kier alpha value is -1.11. The molecule has 3 unspecified atom stereocenters. The minimum Gasteiger partial charge on any atom is -0.387 e. The number of thioether (sulfide) groups is 1. The lowest BCUT2D eigenvalue weighted by Gasteiger charge is -2.21. The summed E-state index contributed by atoms with van der Waals surface area (Å²) in [7, 11) is 0. The van der Waals surface area contributed by atoms with Gasteiger partial charge in [-0.1, -0.05) is 6.42 Å². The molecule has 0 amide bonds. The SMILES string of the molecule is CSC1CCCC1NCC(O)c1ccc([N+](=O)[O-])cc1. The van der Waals surface area contributed by atoms with Gasteiger partial charge in [0.15, 0.2) is 0 Å². The smallest absolute Gasteiger partial charge is 0.269 e. The van der Waals surface area contributed by atoms with Gasteiger partial charge in [-0.2, -0.15) is 11.8 Å². The third kappa shape index (κ3) is 3.71. The molecule has 110 valence electrons. The van der Waals surface area contributed by atoms with Crippen LogP contribution in [0, 0.1) is 10.1 Å². The van der Waals surface area contributed by atoms with Gasteiger partial charge in [0.1, 0.15) is 0 Å². The first kappa shape index (κ1) is 15.3. The topological polar surface area (TPSA) is 75.4 Å². The summed E-state index contributed by atoms with van der Waals surface area (Å²) in [5.74, 6) is 0. The maximum atomic E-state index is 10.6. The van der Waals surface area contributed by atoms with Crippen LogP contribution in [0.1, 0.15) is 30.9 Å². The number of hydrogen-bond acceptors (Lipinski definition) is 5. The van der Waals surface area contributed by atoms with Crippen molar-refractivity contribution in [2.75, 3.05) is 12.8 Å². The molecule has 0 heterocycles. The van der Waals surface area contributed by atoms with E-state index in [0.717, 1.165) is 6.42 Å². The van der Waals surface area contributed by atoms with Crippen LogP contribution in [0.25, 0.3) is 0 Å². The minimum absolute atomic E-state index is 0.0483. The zero-order chi connectivity index (χ0) is 14.5. The van der Waals surface area contributed by atoms with Gasteiger partial charge in [-0.3, -0.25) is 10.1 Å². The zero-order valence-electron chi connectivity index (χ0n) is 11.5. The van der Waals surface area contributed by atoms with Gasteiger partial charge in [-0.05, 0) is 36.8 Å². The number of nitro benzene ring substituents is 1. The molecule has 0 saturated heterocycles. The lowest BCUT2D eigenvalue weighted by atomic mass is 10.1. The molecule has 0 radical (unpaired) electrons. The summed E-state index contributed by atoms with van der Waals surface area (Å²) in [6, 6.07) is 6.55. The summed E-state index contributed by atoms with van der Waals surface area (Å²) in [6.07, 6.45) is 5.11. The standard InChI is InChI=1S/C14H20N2O3S/c1-20-14-4-2-3-12(14)15-9-13(17)10-5-7-11(8-6-10)16(18)19/h5-8,12-15,17H,2-4,9H2,1H3. The van der Waals surface area contributed by atoms with E-state index in [1.54, 1.807) is 12.1 Å². The Kier molecular flexibility index (Phi) is 5.39. The van der Waals surface area contributed by atoms with Crippen LogP contribution < -0.4 is 5.32 Å². The number of aliphatic hydroxyl groups is 1. The van der Waals surface area contributed by atoms with Crippen LogP contribution in [0.3, 0.4) is 0 Å². The van der Waals surface area contributed by atoms with E-state index in [1.807, 2.05) is 11.8 Å². The molecule has 0 spiro atoms. The first-order valence-electron chi connectivity index (χ1n) is 6.80. The largest absolute Gasteiger partial charge is 0.387 e. The Morgan fingerprint density at radius 1 is 1.45 bits per heavy atom. The molecular weight excluding hydrogens is 276 g/mol. The van der Waals surface area contributed by atoms with Crippen molar-refractivity contribution in [1.82, 2.24) is 5.32 Å². The molecule has 1 saturated carbocycles. The number of nitrogens with one attached hydrogen (secondary N) is 1. The van der Waals surface area contributed by atoms with E-state index in [9.17, 15) is 15.2 Å². The zero-order valence-corrected chi connectivity index (χ0v) is 12.3. The van der Waals surface area contributed by atoms with Crippen LogP contribution >= 0.6 is 11.8 Å². The highest BCUT2D eigenvalue weighted by Gasteiger charge is 2.26. The predicted molar refractivity (Wildman–Crippen MR) is 81.0 cm³/mol. The quantitative estimate of drug-likeness (QED) is 0.623. The van der Waals surface area contributed by atoms with Crippen LogP contribution in [0.15, 0.2) is 24.3 Å². The summed E-state index contributed by atoms with van der Waals surface area (Å²) in [4.78, 5) is 10.1. The first-order valence-corrected chi connectivity index (χ1v) is 8.09. The van der Waals surface area contributed by atoms with E-state index in [0.29, 0.717) is 23.4 Å². The lowest BCUT2D eigenvalue weighted by Crippen LogP contribution is -2.36. The van der Waals surface area contributed by atoms with E-state index in [1.165, 1.54) is 25.0 Å². The molecule has 6 heteroatoms. The van der Waals surface area contributed by atoms with E-state index < -0.39 is 11.0 Å². The predicted octanol–water partition coefficient (Wildman–Crippen LogP) is 2.50. The summed E-state index contributed by atoms with van der Waals surface area (Å²) >= 11 is 1.87. The normalized spacial score (nSPS) is 23.7. The monoisotopic (exact) mass is 296 g/mol. The van der Waals surface area contributed by atoms with E-state index in [2.05, 4.69) is 11.6 Å². The molecule has 2 rings (SSSR count). The molecule has 1 aliphatic carbocycles. The Morgan fingerprint density at radius 2 is 2.15 bits per heavy atom. The number of aliphatic hydroxyl groups excluding tert-OH is 1. The van der Waals surface area contributed by atoms with Crippen LogP contribution in [0.5, 0.6) is 0 Å². The molecule has 1 fully saturated rings. The third-order valence-corrected chi connectivity index (χ3v) is 4.99. The van der Waals surface area contributed by atoms with Gasteiger partial charge in [0.2, 0.25) is 0 Å². The fourth-order valence-electron chi connectivity index (χ4n) is 2.64. The van der Waals surface area contributed by atoms with Crippen LogP contribution in [0.2, 0.25) is 0 Å². The van der Waals surface area contributed by atoms with Crippen LogP contribution in [-0.4, -0.2) is 34.1 Å². The highest BCUT2D eigenvalue weighted by atomic mass is 32.2. The van der Waals surface area contributed by atoms with Gasteiger partial charge in [0.25, 0.3) is 5.69 Å². The van der Waals surface area contributed by atoms with Crippen molar-refractivity contribution in [3.8, 4) is 0 Å². The second kappa shape index (κ2) is 7.06. The highest BCUT2D eigenvalue weighted by molar-refractivity contribution is 7.99. The van der Waals surface area contributed by atoms with Gasteiger partial charge in [0, 0.05) is 30.0 Å². The van der Waals surface area contributed by atoms with Gasteiger partial charge in [-0.15, -0.1) is 0 Å². The molecule has 1 aromatic rings. The second-order valence-electron chi connectivity index (χ2n) is 5.08. The number of hydrogen-bond donors (Lipinski definition) is 2. The molecule has 0 aromatic heterocycles. The summed E-state index contributed by atoms with van der Waals surface area (Å²) in [5, 5.41) is 24.7. The second-order valence-corrected chi connectivity index (χ2v) is 6.16.